The number of thioether (sulfide) groups is 1. The Morgan fingerprint density at radius 3 is 2.42 bits per heavy atom. The SMILES string of the molecule is N#Cc1ccc(CSc2ccccc2C(=O)OCC(=O)Nc2ccccc2OC(F)F)cc1. The number of esters is 1. The maximum atomic E-state index is 12.6. The van der Waals surface area contributed by atoms with E-state index in [0.29, 0.717) is 21.8 Å². The summed E-state index contributed by atoms with van der Waals surface area (Å²) in [5.41, 5.74) is 1.88. The highest BCUT2D eigenvalue weighted by molar-refractivity contribution is 7.98. The number of anilines is 1. The number of alkyl halides is 2. The summed E-state index contributed by atoms with van der Waals surface area (Å²) in [6.07, 6.45) is 0. The van der Waals surface area contributed by atoms with Crippen LogP contribution in [0.15, 0.2) is 77.7 Å². The maximum Gasteiger partial charge on any atom is 0.387 e. The second-order valence-corrected chi connectivity index (χ2v) is 7.61. The molecule has 0 spiro atoms. The molecule has 0 aliphatic carbocycles. The fourth-order valence-electron chi connectivity index (χ4n) is 2.76. The van der Waals surface area contributed by atoms with Gasteiger partial charge in [-0.15, -0.1) is 11.8 Å². The van der Waals surface area contributed by atoms with Gasteiger partial charge in [-0.3, -0.25) is 4.79 Å². The molecule has 0 unspecified atom stereocenters. The minimum Gasteiger partial charge on any atom is -0.452 e. The number of nitriles is 1. The zero-order valence-electron chi connectivity index (χ0n) is 17.2. The zero-order valence-corrected chi connectivity index (χ0v) is 18.0. The summed E-state index contributed by atoms with van der Waals surface area (Å²) in [5, 5.41) is 11.3. The van der Waals surface area contributed by atoms with Crippen LogP contribution in [-0.2, 0) is 15.3 Å². The molecule has 1 amide bonds. The van der Waals surface area contributed by atoms with Gasteiger partial charge in [-0.2, -0.15) is 14.0 Å². The summed E-state index contributed by atoms with van der Waals surface area (Å²) in [6.45, 7) is -3.64. The van der Waals surface area contributed by atoms with Crippen molar-refractivity contribution in [1.82, 2.24) is 0 Å². The first-order valence-corrected chi connectivity index (χ1v) is 10.7. The van der Waals surface area contributed by atoms with Crippen LogP contribution in [0.1, 0.15) is 21.5 Å². The third-order valence-corrected chi connectivity index (χ3v) is 5.44. The highest BCUT2D eigenvalue weighted by Gasteiger charge is 2.16. The van der Waals surface area contributed by atoms with Crippen molar-refractivity contribution >= 4 is 29.3 Å². The number of hydrogen-bond acceptors (Lipinski definition) is 6. The lowest BCUT2D eigenvalue weighted by atomic mass is 10.2. The maximum absolute atomic E-state index is 12.6. The quantitative estimate of drug-likeness (QED) is 0.341. The van der Waals surface area contributed by atoms with Crippen molar-refractivity contribution < 1.29 is 27.8 Å². The summed E-state index contributed by atoms with van der Waals surface area (Å²) in [6, 6.07) is 21.7. The van der Waals surface area contributed by atoms with Crippen molar-refractivity contribution in [3.63, 3.8) is 0 Å². The van der Waals surface area contributed by atoms with Crippen LogP contribution in [0, 0.1) is 11.3 Å². The summed E-state index contributed by atoms with van der Waals surface area (Å²) >= 11 is 1.41. The molecule has 0 heterocycles. The number of nitrogens with one attached hydrogen (secondary N) is 1. The number of ether oxygens (including phenoxy) is 2. The molecule has 0 aliphatic rings. The molecule has 1 N–H and O–H groups in total. The average Bonchev–Trinajstić information content (AvgIpc) is 2.82. The summed E-state index contributed by atoms with van der Waals surface area (Å²) in [4.78, 5) is 25.4. The van der Waals surface area contributed by atoms with Gasteiger partial charge in [-0.1, -0.05) is 36.4 Å². The Balaban J connectivity index is 1.58. The number of nitrogens with zero attached hydrogens (tertiary/aromatic N) is 1. The summed E-state index contributed by atoms with van der Waals surface area (Å²) in [5.74, 6) is -1.02. The molecule has 0 saturated heterocycles. The second kappa shape index (κ2) is 11.6. The number of carbonyl (C=O) groups is 2. The standard InChI is InChI=1S/C24H18F2N2O4S/c25-24(26)32-20-7-3-2-6-19(20)28-22(29)14-31-23(30)18-5-1-4-8-21(18)33-15-17-11-9-16(13-27)10-12-17/h1-12,24H,14-15H2,(H,28,29). The van der Waals surface area contributed by atoms with Crippen LogP contribution in [0.3, 0.4) is 0 Å². The third kappa shape index (κ3) is 7.05. The van der Waals surface area contributed by atoms with Crippen molar-refractivity contribution in [2.75, 3.05) is 11.9 Å². The Kier molecular flexibility index (Phi) is 8.38. The molecule has 3 aromatic carbocycles. The molecule has 6 nitrogen and oxygen atoms in total. The molecule has 0 aliphatic heterocycles. The van der Waals surface area contributed by atoms with Crippen molar-refractivity contribution in [2.24, 2.45) is 0 Å². The Morgan fingerprint density at radius 1 is 1.00 bits per heavy atom. The van der Waals surface area contributed by atoms with Crippen LogP contribution in [0.4, 0.5) is 14.5 Å². The number of hydrogen-bond donors (Lipinski definition) is 1. The molecule has 0 bridgehead atoms. The fourth-order valence-corrected chi connectivity index (χ4v) is 3.76. The molecule has 0 saturated carbocycles. The molecule has 0 radical (unpaired) electrons. The minimum absolute atomic E-state index is 0.0391. The molecule has 3 aromatic rings. The van der Waals surface area contributed by atoms with E-state index >= 15 is 0 Å². The molecule has 168 valence electrons. The average molecular weight is 468 g/mol. The smallest absolute Gasteiger partial charge is 0.387 e. The predicted octanol–water partition coefficient (Wildman–Crippen LogP) is 5.25. The third-order valence-electron chi connectivity index (χ3n) is 4.30. The van der Waals surface area contributed by atoms with Crippen LogP contribution >= 0.6 is 11.8 Å². The van der Waals surface area contributed by atoms with E-state index in [1.165, 1.54) is 30.0 Å². The van der Waals surface area contributed by atoms with Crippen molar-refractivity contribution in [2.45, 2.75) is 17.3 Å². The lowest BCUT2D eigenvalue weighted by molar-refractivity contribution is -0.119. The Bertz CT molecular complexity index is 1160. The minimum atomic E-state index is -3.04. The highest BCUT2D eigenvalue weighted by atomic mass is 32.2. The van der Waals surface area contributed by atoms with Gasteiger partial charge in [0.15, 0.2) is 6.61 Å². The number of amides is 1. The molecular weight excluding hydrogens is 450 g/mol. The predicted molar refractivity (Wildman–Crippen MR) is 119 cm³/mol. The lowest BCUT2D eigenvalue weighted by Gasteiger charge is -2.12. The van der Waals surface area contributed by atoms with E-state index in [0.717, 1.165) is 5.56 Å². The highest BCUT2D eigenvalue weighted by Crippen LogP contribution is 2.28. The van der Waals surface area contributed by atoms with E-state index in [2.05, 4.69) is 16.1 Å². The number of para-hydroxylation sites is 2. The normalized spacial score (nSPS) is 10.4. The van der Waals surface area contributed by atoms with Gasteiger partial charge in [0.1, 0.15) is 5.75 Å². The van der Waals surface area contributed by atoms with Crippen molar-refractivity contribution in [1.29, 1.82) is 5.26 Å². The first-order chi connectivity index (χ1) is 16.0. The van der Waals surface area contributed by atoms with Gasteiger partial charge < -0.3 is 14.8 Å². The number of rotatable bonds is 9. The summed E-state index contributed by atoms with van der Waals surface area (Å²) in [7, 11) is 0. The number of benzene rings is 3. The van der Waals surface area contributed by atoms with Gasteiger partial charge in [0.2, 0.25) is 0 Å². The zero-order chi connectivity index (χ0) is 23.6. The van der Waals surface area contributed by atoms with Gasteiger partial charge in [0.05, 0.1) is 22.9 Å². The van der Waals surface area contributed by atoms with Gasteiger partial charge >= 0.3 is 12.6 Å². The van der Waals surface area contributed by atoms with Crippen LogP contribution in [0.25, 0.3) is 0 Å². The van der Waals surface area contributed by atoms with E-state index in [1.54, 1.807) is 42.5 Å². The molecule has 33 heavy (non-hydrogen) atoms. The van der Waals surface area contributed by atoms with Crippen LogP contribution in [-0.4, -0.2) is 25.1 Å². The molecule has 0 fully saturated rings. The van der Waals surface area contributed by atoms with E-state index in [-0.39, 0.29) is 11.4 Å². The molecule has 9 heteroatoms. The van der Waals surface area contributed by atoms with Gasteiger partial charge in [0, 0.05) is 10.6 Å². The number of carbonyl (C=O) groups excluding carboxylic acids is 2. The molecular formula is C24H18F2N2O4S. The largest absolute Gasteiger partial charge is 0.452 e. The monoisotopic (exact) mass is 468 g/mol. The van der Waals surface area contributed by atoms with Crippen molar-refractivity contribution in [3.05, 3.63) is 89.5 Å². The van der Waals surface area contributed by atoms with Crippen LogP contribution in [0.2, 0.25) is 0 Å². The lowest BCUT2D eigenvalue weighted by Crippen LogP contribution is -2.21. The Morgan fingerprint density at radius 2 is 1.70 bits per heavy atom. The molecule has 0 atom stereocenters. The Labute approximate surface area is 193 Å². The van der Waals surface area contributed by atoms with Crippen LogP contribution < -0.4 is 10.1 Å². The fraction of sp³-hybridized carbons (Fsp3) is 0.125. The first kappa shape index (κ1) is 23.8. The van der Waals surface area contributed by atoms with E-state index < -0.39 is 25.1 Å². The Hall–Kier alpha value is -3.90. The topological polar surface area (TPSA) is 88.4 Å². The van der Waals surface area contributed by atoms with E-state index in [1.807, 2.05) is 12.1 Å². The summed E-state index contributed by atoms with van der Waals surface area (Å²) < 4.78 is 34.5. The van der Waals surface area contributed by atoms with Gasteiger partial charge in [-0.25, -0.2) is 4.79 Å². The van der Waals surface area contributed by atoms with Gasteiger partial charge in [0.25, 0.3) is 5.91 Å². The first-order valence-electron chi connectivity index (χ1n) is 9.68. The second-order valence-electron chi connectivity index (χ2n) is 6.59. The van der Waals surface area contributed by atoms with E-state index in [9.17, 15) is 18.4 Å². The van der Waals surface area contributed by atoms with Crippen LogP contribution in [0.5, 0.6) is 5.75 Å². The molecule has 3 rings (SSSR count). The van der Waals surface area contributed by atoms with Crippen molar-refractivity contribution in [3.8, 4) is 11.8 Å². The molecule has 0 aromatic heterocycles. The van der Waals surface area contributed by atoms with Gasteiger partial charge in [-0.05, 0) is 42.0 Å². The number of halogens is 2. The van der Waals surface area contributed by atoms with E-state index in [4.69, 9.17) is 10.00 Å².